The lowest BCUT2D eigenvalue weighted by Gasteiger charge is -2.16. The predicted octanol–water partition coefficient (Wildman–Crippen LogP) is 3.77. The maximum Gasteiger partial charge on any atom is 0.252 e. The maximum absolute atomic E-state index is 12.5. The number of pyridine rings is 1. The van der Waals surface area contributed by atoms with Gasteiger partial charge in [-0.3, -0.25) is 9.78 Å². The van der Waals surface area contributed by atoms with Gasteiger partial charge >= 0.3 is 0 Å². The Morgan fingerprint density at radius 3 is 2.55 bits per heavy atom. The van der Waals surface area contributed by atoms with Crippen molar-refractivity contribution in [2.75, 3.05) is 0 Å². The van der Waals surface area contributed by atoms with Crippen LogP contribution in [-0.4, -0.2) is 16.9 Å². The molecule has 1 aromatic heterocycles. The molecule has 1 amide bonds. The molecule has 106 valence electrons. The second-order valence-corrected chi connectivity index (χ2v) is 5.32. The Morgan fingerprint density at radius 2 is 1.90 bits per heavy atom. The fourth-order valence-corrected chi connectivity index (χ4v) is 2.42. The van der Waals surface area contributed by atoms with E-state index in [1.165, 1.54) is 0 Å². The predicted molar refractivity (Wildman–Crippen MR) is 83.1 cm³/mol. The van der Waals surface area contributed by atoms with Crippen molar-refractivity contribution in [3.05, 3.63) is 41.1 Å². The van der Waals surface area contributed by atoms with Gasteiger partial charge in [-0.05, 0) is 44.9 Å². The molecule has 0 aliphatic heterocycles. The molecule has 0 unspecified atom stereocenters. The fraction of sp³-hybridized carbons (Fsp3) is 0.412. The number of hydrogen-bond acceptors (Lipinski definition) is 2. The van der Waals surface area contributed by atoms with Crippen LogP contribution in [0.15, 0.2) is 24.3 Å². The Bertz CT molecular complexity index is 630. The van der Waals surface area contributed by atoms with E-state index < -0.39 is 0 Å². The van der Waals surface area contributed by atoms with Crippen molar-refractivity contribution in [2.45, 2.75) is 46.6 Å². The summed E-state index contributed by atoms with van der Waals surface area (Å²) in [5.41, 5.74) is 3.61. The molecule has 0 bridgehead atoms. The summed E-state index contributed by atoms with van der Waals surface area (Å²) in [5, 5.41) is 4.03. The zero-order valence-electron chi connectivity index (χ0n) is 12.7. The molecule has 2 aromatic rings. The lowest BCUT2D eigenvalue weighted by Crippen LogP contribution is -2.34. The molecular weight excluding hydrogens is 248 g/mol. The molecule has 0 radical (unpaired) electrons. The molecule has 2 rings (SSSR count). The molecule has 3 heteroatoms. The zero-order valence-corrected chi connectivity index (χ0v) is 12.7. The van der Waals surface area contributed by atoms with Crippen LogP contribution in [-0.2, 0) is 0 Å². The third-order valence-corrected chi connectivity index (χ3v) is 3.66. The number of amides is 1. The Hall–Kier alpha value is -1.90. The smallest absolute Gasteiger partial charge is 0.252 e. The van der Waals surface area contributed by atoms with E-state index >= 15 is 0 Å². The van der Waals surface area contributed by atoms with Crippen molar-refractivity contribution in [1.29, 1.82) is 0 Å². The van der Waals surface area contributed by atoms with E-state index in [1.54, 1.807) is 0 Å². The molecule has 0 saturated heterocycles. The second kappa shape index (κ2) is 6.04. The second-order valence-electron chi connectivity index (χ2n) is 5.32. The van der Waals surface area contributed by atoms with Gasteiger partial charge in [-0.25, -0.2) is 0 Å². The van der Waals surface area contributed by atoms with Gasteiger partial charge in [-0.1, -0.05) is 25.5 Å². The van der Waals surface area contributed by atoms with Gasteiger partial charge in [0.25, 0.3) is 5.91 Å². The first-order chi connectivity index (χ1) is 9.55. The number of carbonyl (C=O) groups excluding carboxylic acids is 1. The summed E-state index contributed by atoms with van der Waals surface area (Å²) >= 11 is 0. The maximum atomic E-state index is 12.5. The van der Waals surface area contributed by atoms with Crippen molar-refractivity contribution in [3.8, 4) is 0 Å². The number of fused-ring (bicyclic) bond motifs is 1. The molecule has 3 nitrogen and oxygen atoms in total. The van der Waals surface area contributed by atoms with Gasteiger partial charge in [0, 0.05) is 17.1 Å². The summed E-state index contributed by atoms with van der Waals surface area (Å²) in [6.45, 7) is 8.14. The van der Waals surface area contributed by atoms with Crippen molar-refractivity contribution in [2.24, 2.45) is 0 Å². The zero-order chi connectivity index (χ0) is 14.7. The monoisotopic (exact) mass is 270 g/mol. The average molecular weight is 270 g/mol. The number of carbonyl (C=O) groups is 1. The van der Waals surface area contributed by atoms with Crippen LogP contribution in [0.2, 0.25) is 0 Å². The number of benzene rings is 1. The SMILES string of the molecule is CCC(CC)NC(=O)c1cc(C)nc2ccc(C)cc12. The van der Waals surface area contributed by atoms with Crippen LogP contribution >= 0.6 is 0 Å². The molecule has 1 heterocycles. The van der Waals surface area contributed by atoms with Gasteiger partial charge in [-0.2, -0.15) is 0 Å². The minimum atomic E-state index is -0.000185. The van der Waals surface area contributed by atoms with Crippen molar-refractivity contribution in [1.82, 2.24) is 10.3 Å². The number of aromatic nitrogens is 1. The molecule has 0 atom stereocenters. The van der Waals surface area contributed by atoms with Gasteiger partial charge in [-0.15, -0.1) is 0 Å². The van der Waals surface area contributed by atoms with Gasteiger partial charge in [0.2, 0.25) is 0 Å². The number of nitrogens with zero attached hydrogens (tertiary/aromatic N) is 1. The Kier molecular flexibility index (Phi) is 4.38. The molecule has 0 fully saturated rings. The molecule has 0 aliphatic carbocycles. The molecular formula is C17H22N2O. The van der Waals surface area contributed by atoms with Gasteiger partial charge in [0.05, 0.1) is 11.1 Å². The third kappa shape index (κ3) is 2.98. The topological polar surface area (TPSA) is 42.0 Å². The molecule has 0 spiro atoms. The quantitative estimate of drug-likeness (QED) is 0.919. The van der Waals surface area contributed by atoms with Crippen LogP contribution < -0.4 is 5.32 Å². The van der Waals surface area contributed by atoms with Crippen LogP contribution in [0.4, 0.5) is 0 Å². The highest BCUT2D eigenvalue weighted by atomic mass is 16.1. The van der Waals surface area contributed by atoms with Crippen LogP contribution in [0.1, 0.15) is 48.3 Å². The van der Waals surface area contributed by atoms with Crippen molar-refractivity contribution in [3.63, 3.8) is 0 Å². The molecule has 0 saturated carbocycles. The Labute approximate surface area is 120 Å². The van der Waals surface area contributed by atoms with E-state index in [1.807, 2.05) is 38.1 Å². The van der Waals surface area contributed by atoms with E-state index in [4.69, 9.17) is 0 Å². The highest BCUT2D eigenvalue weighted by Crippen LogP contribution is 2.20. The minimum absolute atomic E-state index is 0.000185. The van der Waals surface area contributed by atoms with E-state index in [2.05, 4.69) is 24.1 Å². The summed E-state index contributed by atoms with van der Waals surface area (Å²) in [6, 6.07) is 8.14. The standard InChI is InChI=1S/C17H22N2O/c1-5-13(6-2)19-17(20)15-10-12(4)18-16-8-7-11(3)9-14(15)16/h7-10,13H,5-6H2,1-4H3,(H,19,20). The highest BCUT2D eigenvalue weighted by molar-refractivity contribution is 6.06. The minimum Gasteiger partial charge on any atom is -0.349 e. The van der Waals surface area contributed by atoms with Crippen LogP contribution in [0.5, 0.6) is 0 Å². The van der Waals surface area contributed by atoms with Gasteiger partial charge in [0.15, 0.2) is 0 Å². The summed E-state index contributed by atoms with van der Waals surface area (Å²) < 4.78 is 0. The van der Waals surface area contributed by atoms with E-state index in [9.17, 15) is 4.79 Å². The average Bonchev–Trinajstić information content (AvgIpc) is 2.44. The van der Waals surface area contributed by atoms with Gasteiger partial charge in [0.1, 0.15) is 0 Å². The van der Waals surface area contributed by atoms with Crippen molar-refractivity contribution >= 4 is 16.8 Å². The Morgan fingerprint density at radius 1 is 1.20 bits per heavy atom. The van der Waals surface area contributed by atoms with Crippen LogP contribution in [0, 0.1) is 13.8 Å². The van der Waals surface area contributed by atoms with Gasteiger partial charge < -0.3 is 5.32 Å². The normalized spacial score (nSPS) is 11.1. The fourth-order valence-electron chi connectivity index (χ4n) is 2.42. The van der Waals surface area contributed by atoms with Crippen molar-refractivity contribution < 1.29 is 4.79 Å². The van der Waals surface area contributed by atoms with Crippen LogP contribution in [0.25, 0.3) is 10.9 Å². The van der Waals surface area contributed by atoms with E-state index in [0.717, 1.165) is 40.6 Å². The first-order valence-electron chi connectivity index (χ1n) is 7.24. The summed E-state index contributed by atoms with van der Waals surface area (Å²) in [7, 11) is 0. The number of hydrogen-bond donors (Lipinski definition) is 1. The molecule has 20 heavy (non-hydrogen) atoms. The number of nitrogens with one attached hydrogen (secondary N) is 1. The molecule has 0 aliphatic rings. The largest absolute Gasteiger partial charge is 0.349 e. The molecule has 1 N–H and O–H groups in total. The lowest BCUT2D eigenvalue weighted by molar-refractivity contribution is 0.0936. The van der Waals surface area contributed by atoms with E-state index in [0.29, 0.717) is 0 Å². The summed E-state index contributed by atoms with van der Waals surface area (Å²) in [5.74, 6) is -0.000185. The first-order valence-corrected chi connectivity index (χ1v) is 7.24. The van der Waals surface area contributed by atoms with Crippen LogP contribution in [0.3, 0.4) is 0 Å². The highest BCUT2D eigenvalue weighted by Gasteiger charge is 2.14. The van der Waals surface area contributed by atoms with E-state index in [-0.39, 0.29) is 11.9 Å². The first kappa shape index (κ1) is 14.5. The lowest BCUT2D eigenvalue weighted by atomic mass is 10.0. The number of rotatable bonds is 4. The summed E-state index contributed by atoms with van der Waals surface area (Å²) in [6.07, 6.45) is 1.90. The molecule has 1 aromatic carbocycles. The number of aryl methyl sites for hydroxylation is 2. The Balaban J connectivity index is 2.47. The third-order valence-electron chi connectivity index (χ3n) is 3.66. The summed E-state index contributed by atoms with van der Waals surface area (Å²) in [4.78, 5) is 17.0.